The van der Waals surface area contributed by atoms with Crippen LogP contribution < -0.4 is 0 Å². The number of nitrogens with zero attached hydrogens (tertiary/aromatic N) is 5. The highest BCUT2D eigenvalue weighted by Crippen LogP contribution is 2.27. The van der Waals surface area contributed by atoms with Crippen LogP contribution in [0.15, 0.2) is 42.6 Å². The number of hydrogen-bond acceptors (Lipinski definition) is 4. The molecule has 4 aromatic rings. The molecule has 1 aromatic carbocycles. The zero-order valence-corrected chi connectivity index (χ0v) is 15.6. The van der Waals surface area contributed by atoms with Crippen molar-refractivity contribution in [1.29, 1.82) is 0 Å². The Labute approximate surface area is 157 Å². The van der Waals surface area contributed by atoms with Gasteiger partial charge in [-0.1, -0.05) is 23.4 Å². The lowest BCUT2D eigenvalue weighted by atomic mass is 10.0. The number of para-hydroxylation sites is 1. The maximum atomic E-state index is 4.56. The Hall–Kier alpha value is -2.99. The number of benzene rings is 1. The summed E-state index contributed by atoms with van der Waals surface area (Å²) in [5.41, 5.74) is 7.16. The van der Waals surface area contributed by atoms with Gasteiger partial charge < -0.3 is 4.98 Å². The first kappa shape index (κ1) is 16.2. The van der Waals surface area contributed by atoms with Crippen molar-refractivity contribution in [2.45, 2.75) is 33.4 Å². The number of hydrogen-bond donors (Lipinski definition) is 1. The molecule has 6 heteroatoms. The van der Waals surface area contributed by atoms with E-state index in [0.717, 1.165) is 43.3 Å². The van der Waals surface area contributed by atoms with Crippen LogP contribution in [-0.2, 0) is 19.5 Å². The smallest absolute Gasteiger partial charge is 0.155 e. The normalized spacial score (nSPS) is 14.6. The Balaban J connectivity index is 1.35. The number of fused-ring (bicyclic) bond motifs is 3. The third-order valence-electron chi connectivity index (χ3n) is 5.21. The summed E-state index contributed by atoms with van der Waals surface area (Å²) >= 11 is 0. The average Bonchev–Trinajstić information content (AvgIpc) is 3.25. The number of rotatable bonds is 3. The molecule has 3 aromatic heterocycles. The lowest BCUT2D eigenvalue weighted by molar-refractivity contribution is 0.240. The van der Waals surface area contributed by atoms with E-state index in [1.165, 1.54) is 27.7 Å². The Kier molecular flexibility index (Phi) is 3.79. The van der Waals surface area contributed by atoms with Gasteiger partial charge in [0, 0.05) is 41.9 Å². The zero-order chi connectivity index (χ0) is 18.4. The van der Waals surface area contributed by atoms with Crippen molar-refractivity contribution < 1.29 is 0 Å². The van der Waals surface area contributed by atoms with Crippen LogP contribution in [0.4, 0.5) is 0 Å². The molecule has 1 N–H and O–H groups in total. The van der Waals surface area contributed by atoms with Gasteiger partial charge in [0.15, 0.2) is 5.82 Å². The maximum Gasteiger partial charge on any atom is 0.155 e. The molecular weight excluding hydrogens is 336 g/mol. The largest absolute Gasteiger partial charge is 0.357 e. The lowest BCUT2D eigenvalue weighted by Gasteiger charge is -2.25. The van der Waals surface area contributed by atoms with E-state index in [2.05, 4.69) is 62.4 Å². The van der Waals surface area contributed by atoms with E-state index < -0.39 is 0 Å². The van der Waals surface area contributed by atoms with Crippen molar-refractivity contribution in [3.63, 3.8) is 0 Å². The minimum atomic E-state index is 0.791. The summed E-state index contributed by atoms with van der Waals surface area (Å²) in [7, 11) is 0. The molecule has 0 radical (unpaired) electrons. The molecule has 4 heterocycles. The Bertz CT molecular complexity index is 1100. The summed E-state index contributed by atoms with van der Waals surface area (Å²) in [6.45, 7) is 6.81. The first-order valence-electron chi connectivity index (χ1n) is 9.33. The highest BCUT2D eigenvalue weighted by Gasteiger charge is 2.21. The highest BCUT2D eigenvalue weighted by atomic mass is 15.4. The van der Waals surface area contributed by atoms with E-state index in [-0.39, 0.29) is 0 Å². The third kappa shape index (κ3) is 3.02. The second kappa shape index (κ2) is 6.32. The minimum Gasteiger partial charge on any atom is -0.357 e. The molecule has 6 nitrogen and oxygen atoms in total. The summed E-state index contributed by atoms with van der Waals surface area (Å²) < 4.78 is 1.77. The van der Waals surface area contributed by atoms with Gasteiger partial charge >= 0.3 is 0 Å². The average molecular weight is 358 g/mol. The molecule has 0 aliphatic carbocycles. The Morgan fingerprint density at radius 3 is 2.93 bits per heavy atom. The SMILES string of the molecule is Cc1cc(C)nc(-n2cc(CN3CCc4c([nH]c5ccccc45)C3)nn2)c1. The summed E-state index contributed by atoms with van der Waals surface area (Å²) in [5.74, 6) is 0.822. The quantitative estimate of drug-likeness (QED) is 0.610. The molecule has 5 rings (SSSR count). The predicted octanol–water partition coefficient (Wildman–Crippen LogP) is 3.32. The van der Waals surface area contributed by atoms with E-state index in [1.807, 2.05) is 19.2 Å². The van der Waals surface area contributed by atoms with Crippen LogP contribution in [0.25, 0.3) is 16.7 Å². The van der Waals surface area contributed by atoms with Gasteiger partial charge in [0.25, 0.3) is 0 Å². The molecule has 1 aliphatic heterocycles. The molecule has 0 fully saturated rings. The fourth-order valence-corrected chi connectivity index (χ4v) is 4.03. The molecule has 0 unspecified atom stereocenters. The van der Waals surface area contributed by atoms with E-state index in [9.17, 15) is 0 Å². The fraction of sp³-hybridized carbons (Fsp3) is 0.286. The molecular formula is C21H22N6. The van der Waals surface area contributed by atoms with Crippen LogP contribution in [-0.4, -0.2) is 36.4 Å². The van der Waals surface area contributed by atoms with Crippen LogP contribution in [0.5, 0.6) is 0 Å². The van der Waals surface area contributed by atoms with Crippen molar-refractivity contribution in [2.75, 3.05) is 6.54 Å². The second-order valence-electron chi connectivity index (χ2n) is 7.39. The van der Waals surface area contributed by atoms with E-state index in [0.29, 0.717) is 0 Å². The highest BCUT2D eigenvalue weighted by molar-refractivity contribution is 5.84. The Morgan fingerprint density at radius 2 is 2.04 bits per heavy atom. The molecule has 0 atom stereocenters. The first-order chi connectivity index (χ1) is 13.2. The third-order valence-corrected chi connectivity index (χ3v) is 5.21. The molecule has 0 saturated carbocycles. The van der Waals surface area contributed by atoms with Gasteiger partial charge in [-0.2, -0.15) is 0 Å². The van der Waals surface area contributed by atoms with Crippen LogP contribution in [0.3, 0.4) is 0 Å². The fourth-order valence-electron chi connectivity index (χ4n) is 4.03. The van der Waals surface area contributed by atoms with Gasteiger partial charge in [0.05, 0.1) is 11.9 Å². The molecule has 0 spiro atoms. The number of aromatic nitrogens is 5. The zero-order valence-electron chi connectivity index (χ0n) is 15.6. The van der Waals surface area contributed by atoms with Gasteiger partial charge in [0.1, 0.15) is 0 Å². The number of nitrogens with one attached hydrogen (secondary N) is 1. The van der Waals surface area contributed by atoms with E-state index in [1.54, 1.807) is 4.68 Å². The summed E-state index contributed by atoms with van der Waals surface area (Å²) in [6, 6.07) is 12.7. The van der Waals surface area contributed by atoms with Gasteiger partial charge in [-0.15, -0.1) is 5.10 Å². The van der Waals surface area contributed by atoms with Crippen molar-refractivity contribution in [3.05, 3.63) is 70.8 Å². The minimum absolute atomic E-state index is 0.791. The summed E-state index contributed by atoms with van der Waals surface area (Å²) in [4.78, 5) is 10.6. The van der Waals surface area contributed by atoms with Crippen LogP contribution >= 0.6 is 0 Å². The number of H-pyrrole nitrogens is 1. The van der Waals surface area contributed by atoms with Crippen molar-refractivity contribution in [1.82, 2.24) is 29.9 Å². The lowest BCUT2D eigenvalue weighted by Crippen LogP contribution is -2.30. The molecule has 27 heavy (non-hydrogen) atoms. The second-order valence-corrected chi connectivity index (χ2v) is 7.39. The standard InChI is InChI=1S/C21H22N6/c1-14-9-15(2)22-21(10-14)27-12-16(24-25-27)11-26-8-7-18-17-5-3-4-6-19(17)23-20(18)13-26/h3-6,9-10,12,23H,7-8,11,13H2,1-2H3. The number of pyridine rings is 1. The molecule has 0 saturated heterocycles. The van der Waals surface area contributed by atoms with Gasteiger partial charge in [-0.3, -0.25) is 4.90 Å². The van der Waals surface area contributed by atoms with Crippen LogP contribution in [0.2, 0.25) is 0 Å². The maximum absolute atomic E-state index is 4.56. The molecule has 0 bridgehead atoms. The summed E-state index contributed by atoms with van der Waals surface area (Å²) in [5, 5.41) is 10.0. The van der Waals surface area contributed by atoms with Gasteiger partial charge in [0.2, 0.25) is 0 Å². The van der Waals surface area contributed by atoms with Crippen molar-refractivity contribution in [3.8, 4) is 5.82 Å². The number of aromatic amines is 1. The Morgan fingerprint density at radius 1 is 1.15 bits per heavy atom. The monoisotopic (exact) mass is 358 g/mol. The van der Waals surface area contributed by atoms with Gasteiger partial charge in [-0.05, 0) is 49.6 Å². The van der Waals surface area contributed by atoms with Crippen molar-refractivity contribution >= 4 is 10.9 Å². The molecule has 136 valence electrons. The van der Waals surface area contributed by atoms with Crippen LogP contribution in [0.1, 0.15) is 28.2 Å². The van der Waals surface area contributed by atoms with Crippen LogP contribution in [0, 0.1) is 13.8 Å². The topological polar surface area (TPSA) is 62.6 Å². The van der Waals surface area contributed by atoms with E-state index >= 15 is 0 Å². The van der Waals surface area contributed by atoms with Gasteiger partial charge in [-0.25, -0.2) is 9.67 Å². The molecule has 0 amide bonds. The van der Waals surface area contributed by atoms with E-state index in [4.69, 9.17) is 0 Å². The van der Waals surface area contributed by atoms with Crippen molar-refractivity contribution in [2.24, 2.45) is 0 Å². The summed E-state index contributed by atoms with van der Waals surface area (Å²) in [6.07, 6.45) is 3.05. The first-order valence-corrected chi connectivity index (χ1v) is 9.33. The molecule has 1 aliphatic rings. The predicted molar refractivity (Wildman–Crippen MR) is 105 cm³/mol. The number of aryl methyl sites for hydroxylation is 2.